The second-order valence-corrected chi connectivity index (χ2v) is 8.79. The Hall–Kier alpha value is -1.66. The van der Waals surface area contributed by atoms with E-state index in [0.717, 1.165) is 83.9 Å². The van der Waals surface area contributed by atoms with E-state index in [9.17, 15) is 9.18 Å². The molecule has 5 nitrogen and oxygen atoms in total. The summed E-state index contributed by atoms with van der Waals surface area (Å²) in [6.07, 6.45) is 4.34. The number of likely N-dealkylation sites (tertiary alicyclic amines) is 2. The number of carbonyl (C=O) groups excluding carboxylic acids is 1. The van der Waals surface area contributed by atoms with Crippen LogP contribution in [0.25, 0.3) is 0 Å². The van der Waals surface area contributed by atoms with Crippen molar-refractivity contribution < 1.29 is 9.18 Å². The lowest BCUT2D eigenvalue weighted by Gasteiger charge is -2.44. The molecular formula is C23H35FN4O. The van der Waals surface area contributed by atoms with Crippen molar-refractivity contribution in [3.05, 3.63) is 30.1 Å². The summed E-state index contributed by atoms with van der Waals surface area (Å²) < 4.78 is 13.2. The van der Waals surface area contributed by atoms with E-state index in [1.807, 2.05) is 12.1 Å². The molecule has 0 spiro atoms. The van der Waals surface area contributed by atoms with E-state index in [1.54, 1.807) is 0 Å². The van der Waals surface area contributed by atoms with Crippen LogP contribution < -0.4 is 4.90 Å². The first-order valence-electron chi connectivity index (χ1n) is 11.4. The zero-order chi connectivity index (χ0) is 20.2. The number of hydrogen-bond donors (Lipinski definition) is 0. The van der Waals surface area contributed by atoms with Crippen molar-refractivity contribution in [2.75, 3.05) is 63.8 Å². The predicted molar refractivity (Wildman–Crippen MR) is 115 cm³/mol. The van der Waals surface area contributed by atoms with Gasteiger partial charge in [0.25, 0.3) is 0 Å². The van der Waals surface area contributed by atoms with Crippen molar-refractivity contribution in [2.45, 2.75) is 38.6 Å². The fourth-order valence-electron chi connectivity index (χ4n) is 5.20. The monoisotopic (exact) mass is 402 g/mol. The van der Waals surface area contributed by atoms with Crippen LogP contribution in [0.3, 0.4) is 0 Å². The van der Waals surface area contributed by atoms with Gasteiger partial charge >= 0.3 is 0 Å². The third-order valence-corrected chi connectivity index (χ3v) is 7.11. The first kappa shape index (κ1) is 20.6. The minimum atomic E-state index is -0.181. The van der Waals surface area contributed by atoms with Gasteiger partial charge in [0.05, 0.1) is 0 Å². The van der Waals surface area contributed by atoms with Crippen LogP contribution in [-0.2, 0) is 4.79 Å². The van der Waals surface area contributed by atoms with Gasteiger partial charge in [-0.3, -0.25) is 9.69 Å². The standard InChI is InChI=1S/C23H35FN4O/c1-2-25-12-9-19(10-13-25)23(29)28-11-3-4-22(18-28)27-16-14-26(15-17-27)21-7-5-20(24)6-8-21/h5-8,19,22H,2-4,9-18H2,1H3/t22-/m1/s1. The van der Waals surface area contributed by atoms with E-state index >= 15 is 0 Å². The molecule has 29 heavy (non-hydrogen) atoms. The lowest BCUT2D eigenvalue weighted by molar-refractivity contribution is -0.139. The molecule has 0 unspecified atom stereocenters. The zero-order valence-electron chi connectivity index (χ0n) is 17.7. The average Bonchev–Trinajstić information content (AvgIpc) is 2.79. The SMILES string of the molecule is CCN1CCC(C(=O)N2CCC[C@@H](N3CCN(c4ccc(F)cc4)CC3)C2)CC1. The number of rotatable bonds is 4. The lowest BCUT2D eigenvalue weighted by Crippen LogP contribution is -2.56. The number of nitrogens with zero attached hydrogens (tertiary/aromatic N) is 4. The molecule has 3 fully saturated rings. The van der Waals surface area contributed by atoms with Gasteiger partial charge in [-0.15, -0.1) is 0 Å². The molecule has 3 aliphatic rings. The molecule has 0 aromatic heterocycles. The highest BCUT2D eigenvalue weighted by Gasteiger charge is 2.33. The van der Waals surface area contributed by atoms with Crippen LogP contribution in [0.2, 0.25) is 0 Å². The van der Waals surface area contributed by atoms with Crippen molar-refractivity contribution >= 4 is 11.6 Å². The molecule has 1 amide bonds. The lowest BCUT2D eigenvalue weighted by atomic mass is 9.93. The predicted octanol–water partition coefficient (Wildman–Crippen LogP) is 2.67. The second-order valence-electron chi connectivity index (χ2n) is 8.79. The van der Waals surface area contributed by atoms with Crippen molar-refractivity contribution in [1.29, 1.82) is 0 Å². The maximum Gasteiger partial charge on any atom is 0.225 e. The molecule has 3 saturated heterocycles. The molecule has 6 heteroatoms. The highest BCUT2D eigenvalue weighted by Crippen LogP contribution is 2.25. The van der Waals surface area contributed by atoms with Crippen molar-refractivity contribution in [3.63, 3.8) is 0 Å². The van der Waals surface area contributed by atoms with Crippen LogP contribution in [0, 0.1) is 11.7 Å². The second kappa shape index (κ2) is 9.43. The van der Waals surface area contributed by atoms with E-state index < -0.39 is 0 Å². The molecular weight excluding hydrogens is 367 g/mol. The molecule has 0 aliphatic carbocycles. The quantitative estimate of drug-likeness (QED) is 0.775. The summed E-state index contributed by atoms with van der Waals surface area (Å²) >= 11 is 0. The summed E-state index contributed by atoms with van der Waals surface area (Å²) in [6.45, 7) is 11.2. The molecule has 0 N–H and O–H groups in total. The van der Waals surface area contributed by atoms with Crippen LogP contribution in [0.15, 0.2) is 24.3 Å². The summed E-state index contributed by atoms with van der Waals surface area (Å²) in [4.78, 5) is 22.6. The summed E-state index contributed by atoms with van der Waals surface area (Å²) in [5.41, 5.74) is 1.10. The van der Waals surface area contributed by atoms with Crippen molar-refractivity contribution in [2.24, 2.45) is 5.92 Å². The van der Waals surface area contributed by atoms with Crippen LogP contribution in [0.4, 0.5) is 10.1 Å². The van der Waals surface area contributed by atoms with Gasteiger partial charge in [0.2, 0.25) is 5.91 Å². The Morgan fingerprint density at radius 1 is 0.966 bits per heavy atom. The van der Waals surface area contributed by atoms with Gasteiger partial charge in [0, 0.05) is 56.9 Å². The van der Waals surface area contributed by atoms with Gasteiger partial charge < -0.3 is 14.7 Å². The van der Waals surface area contributed by atoms with Crippen LogP contribution in [0.5, 0.6) is 0 Å². The number of anilines is 1. The molecule has 4 rings (SSSR count). The number of amides is 1. The fraction of sp³-hybridized carbons (Fsp3) is 0.696. The molecule has 0 bridgehead atoms. The highest BCUT2D eigenvalue weighted by molar-refractivity contribution is 5.79. The molecule has 3 heterocycles. The number of piperazine rings is 1. The number of halogens is 1. The van der Waals surface area contributed by atoms with E-state index in [-0.39, 0.29) is 11.7 Å². The smallest absolute Gasteiger partial charge is 0.225 e. The summed E-state index contributed by atoms with van der Waals surface area (Å²) in [6, 6.07) is 7.30. The maximum absolute atomic E-state index is 13.2. The molecule has 1 aromatic rings. The van der Waals surface area contributed by atoms with Crippen LogP contribution >= 0.6 is 0 Å². The Kier molecular flexibility index (Phi) is 6.70. The average molecular weight is 403 g/mol. The van der Waals surface area contributed by atoms with E-state index in [1.165, 1.54) is 18.6 Å². The Bertz CT molecular complexity index is 666. The first-order chi connectivity index (χ1) is 14.1. The van der Waals surface area contributed by atoms with E-state index in [0.29, 0.717) is 11.9 Å². The van der Waals surface area contributed by atoms with Crippen molar-refractivity contribution in [3.8, 4) is 0 Å². The van der Waals surface area contributed by atoms with E-state index in [4.69, 9.17) is 0 Å². The largest absolute Gasteiger partial charge is 0.369 e. The summed E-state index contributed by atoms with van der Waals surface area (Å²) in [5, 5.41) is 0. The summed E-state index contributed by atoms with van der Waals surface area (Å²) in [7, 11) is 0. The van der Waals surface area contributed by atoms with Gasteiger partial charge in [-0.2, -0.15) is 0 Å². The number of hydrogen-bond acceptors (Lipinski definition) is 4. The zero-order valence-corrected chi connectivity index (χ0v) is 17.7. The number of benzene rings is 1. The number of piperidine rings is 2. The maximum atomic E-state index is 13.2. The molecule has 1 atom stereocenters. The Labute approximate surface area is 174 Å². The van der Waals surface area contributed by atoms with Crippen LogP contribution in [-0.4, -0.2) is 85.6 Å². The Morgan fingerprint density at radius 2 is 1.66 bits per heavy atom. The molecule has 1 aromatic carbocycles. The summed E-state index contributed by atoms with van der Waals surface area (Å²) in [5.74, 6) is 0.446. The third kappa shape index (κ3) is 4.92. The molecule has 0 saturated carbocycles. The normalized spacial score (nSPS) is 25.4. The third-order valence-electron chi connectivity index (χ3n) is 7.11. The van der Waals surface area contributed by atoms with Gasteiger partial charge in [-0.25, -0.2) is 4.39 Å². The molecule has 3 aliphatic heterocycles. The van der Waals surface area contributed by atoms with Gasteiger partial charge in [-0.05, 0) is 69.6 Å². The molecule has 0 radical (unpaired) electrons. The van der Waals surface area contributed by atoms with Crippen molar-refractivity contribution in [1.82, 2.24) is 14.7 Å². The van der Waals surface area contributed by atoms with Gasteiger partial charge in [0.1, 0.15) is 5.82 Å². The fourth-order valence-corrected chi connectivity index (χ4v) is 5.20. The van der Waals surface area contributed by atoms with Gasteiger partial charge in [0.15, 0.2) is 0 Å². The van der Waals surface area contributed by atoms with Gasteiger partial charge in [-0.1, -0.05) is 6.92 Å². The topological polar surface area (TPSA) is 30.0 Å². The van der Waals surface area contributed by atoms with Crippen LogP contribution in [0.1, 0.15) is 32.6 Å². The molecule has 160 valence electrons. The number of carbonyl (C=O) groups is 1. The Morgan fingerprint density at radius 3 is 2.31 bits per heavy atom. The van der Waals surface area contributed by atoms with E-state index in [2.05, 4.69) is 26.5 Å². The minimum absolute atomic E-state index is 0.181. The first-order valence-corrected chi connectivity index (χ1v) is 11.4. The highest BCUT2D eigenvalue weighted by atomic mass is 19.1. The Balaban J connectivity index is 1.28. The minimum Gasteiger partial charge on any atom is -0.369 e.